The van der Waals surface area contributed by atoms with E-state index in [1.807, 2.05) is 27.9 Å². The van der Waals surface area contributed by atoms with Crippen molar-refractivity contribution >= 4 is 22.2 Å². The lowest BCUT2D eigenvalue weighted by atomic mass is 10.1. The first-order valence-electron chi connectivity index (χ1n) is 9.08. The van der Waals surface area contributed by atoms with E-state index >= 15 is 0 Å². The first-order valence-corrected chi connectivity index (χ1v) is 9.96. The van der Waals surface area contributed by atoms with Crippen molar-refractivity contribution in [3.8, 4) is 11.3 Å². The van der Waals surface area contributed by atoms with E-state index in [0.29, 0.717) is 5.69 Å². The van der Waals surface area contributed by atoms with Crippen molar-refractivity contribution in [2.45, 2.75) is 32.2 Å². The van der Waals surface area contributed by atoms with Gasteiger partial charge in [-0.15, -0.1) is 11.3 Å². The van der Waals surface area contributed by atoms with E-state index in [2.05, 4.69) is 31.2 Å². The van der Waals surface area contributed by atoms with Gasteiger partial charge in [0.15, 0.2) is 4.96 Å². The van der Waals surface area contributed by atoms with Crippen molar-refractivity contribution in [1.82, 2.24) is 14.3 Å². The second-order valence-corrected chi connectivity index (χ2v) is 7.55. The molecule has 1 saturated heterocycles. The van der Waals surface area contributed by atoms with Gasteiger partial charge in [0.1, 0.15) is 5.69 Å². The van der Waals surface area contributed by atoms with E-state index in [4.69, 9.17) is 9.72 Å². The maximum atomic E-state index is 13.0. The number of carbonyl (C=O) groups is 1. The number of hydrogen-bond acceptors (Lipinski definition) is 4. The molecule has 0 saturated carbocycles. The molecule has 0 aliphatic carbocycles. The fourth-order valence-corrected chi connectivity index (χ4v) is 4.25. The summed E-state index contributed by atoms with van der Waals surface area (Å²) in [5.41, 5.74) is 3.98. The molecule has 1 aliphatic rings. The molecule has 1 aliphatic heterocycles. The standard InChI is InChI=1S/C20H23N3O2S/c1-3-14-4-6-15(7-5-14)17-12-23-18(13-26-20(23)21-17)19(24)22(2)16-8-10-25-11-9-16/h4-7,12-13,16H,3,8-11H2,1-2H3. The van der Waals surface area contributed by atoms with Gasteiger partial charge < -0.3 is 9.64 Å². The average Bonchev–Trinajstić information content (AvgIpc) is 3.28. The number of thiazole rings is 1. The van der Waals surface area contributed by atoms with Crippen molar-refractivity contribution in [3.05, 3.63) is 47.1 Å². The highest BCUT2D eigenvalue weighted by Crippen LogP contribution is 2.25. The molecular weight excluding hydrogens is 346 g/mol. The summed E-state index contributed by atoms with van der Waals surface area (Å²) >= 11 is 1.51. The zero-order chi connectivity index (χ0) is 18.1. The van der Waals surface area contributed by atoms with Crippen LogP contribution in [0.2, 0.25) is 0 Å². The molecule has 0 atom stereocenters. The Hall–Kier alpha value is -2.18. The van der Waals surface area contributed by atoms with Crippen LogP contribution in [-0.4, -0.2) is 46.5 Å². The average molecular weight is 369 g/mol. The Balaban J connectivity index is 1.61. The Morgan fingerprint density at radius 1 is 1.31 bits per heavy atom. The predicted octanol–water partition coefficient (Wildman–Crippen LogP) is 3.88. The summed E-state index contributed by atoms with van der Waals surface area (Å²) in [6, 6.07) is 8.71. The Morgan fingerprint density at radius 3 is 2.73 bits per heavy atom. The molecule has 1 aromatic carbocycles. The molecule has 0 unspecified atom stereocenters. The molecule has 1 amide bonds. The lowest BCUT2D eigenvalue weighted by Crippen LogP contribution is -2.41. The number of rotatable bonds is 4. The number of aromatic nitrogens is 2. The quantitative estimate of drug-likeness (QED) is 0.701. The van der Waals surface area contributed by atoms with Gasteiger partial charge in [-0.05, 0) is 24.8 Å². The van der Waals surface area contributed by atoms with Gasteiger partial charge in [0, 0.05) is 43.4 Å². The third kappa shape index (κ3) is 3.15. The van der Waals surface area contributed by atoms with Crippen LogP contribution in [-0.2, 0) is 11.2 Å². The number of fused-ring (bicyclic) bond motifs is 1. The lowest BCUT2D eigenvalue weighted by molar-refractivity contribution is 0.0358. The summed E-state index contributed by atoms with van der Waals surface area (Å²) in [7, 11) is 1.89. The van der Waals surface area contributed by atoms with Gasteiger partial charge in [-0.1, -0.05) is 31.2 Å². The summed E-state index contributed by atoms with van der Waals surface area (Å²) < 4.78 is 7.33. The van der Waals surface area contributed by atoms with E-state index in [1.54, 1.807) is 0 Å². The van der Waals surface area contributed by atoms with Crippen LogP contribution in [0.15, 0.2) is 35.8 Å². The molecule has 2 aromatic heterocycles. The number of ether oxygens (including phenoxy) is 1. The molecule has 0 spiro atoms. The van der Waals surface area contributed by atoms with Gasteiger partial charge in [0.25, 0.3) is 5.91 Å². The summed E-state index contributed by atoms with van der Waals surface area (Å²) in [6.45, 7) is 3.60. The number of imidazole rings is 1. The Bertz CT molecular complexity index is 907. The number of hydrogen-bond donors (Lipinski definition) is 0. The highest BCUT2D eigenvalue weighted by Gasteiger charge is 2.25. The summed E-state index contributed by atoms with van der Waals surface area (Å²) in [4.78, 5) is 20.4. The second kappa shape index (κ2) is 7.21. The normalized spacial score (nSPS) is 15.5. The van der Waals surface area contributed by atoms with Gasteiger partial charge in [-0.2, -0.15) is 0 Å². The van der Waals surface area contributed by atoms with Crippen LogP contribution < -0.4 is 0 Å². The SMILES string of the molecule is CCc1ccc(-c2cn3c(C(=O)N(C)C4CCOCC4)csc3n2)cc1. The minimum atomic E-state index is 0.0495. The number of aryl methyl sites for hydroxylation is 1. The van der Waals surface area contributed by atoms with Crippen LogP contribution in [0, 0.1) is 0 Å². The maximum absolute atomic E-state index is 13.0. The van der Waals surface area contributed by atoms with E-state index in [0.717, 1.165) is 48.7 Å². The number of amides is 1. The Morgan fingerprint density at radius 2 is 2.04 bits per heavy atom. The maximum Gasteiger partial charge on any atom is 0.271 e. The third-order valence-electron chi connectivity index (χ3n) is 5.15. The highest BCUT2D eigenvalue weighted by molar-refractivity contribution is 7.15. The molecule has 6 heteroatoms. The molecule has 26 heavy (non-hydrogen) atoms. The lowest BCUT2D eigenvalue weighted by Gasteiger charge is -2.31. The fraction of sp³-hybridized carbons (Fsp3) is 0.400. The van der Waals surface area contributed by atoms with E-state index in [1.165, 1.54) is 16.9 Å². The molecule has 4 rings (SSSR count). The topological polar surface area (TPSA) is 46.8 Å². The first-order chi connectivity index (χ1) is 12.7. The molecular formula is C20H23N3O2S. The summed E-state index contributed by atoms with van der Waals surface area (Å²) in [5, 5.41) is 1.91. The number of nitrogens with zero attached hydrogens (tertiary/aromatic N) is 3. The van der Waals surface area contributed by atoms with Crippen LogP contribution in [0.1, 0.15) is 35.8 Å². The van der Waals surface area contributed by atoms with Crippen LogP contribution >= 0.6 is 11.3 Å². The van der Waals surface area contributed by atoms with Gasteiger partial charge in [0.05, 0.1) is 5.69 Å². The fourth-order valence-electron chi connectivity index (χ4n) is 3.41. The molecule has 3 heterocycles. The van der Waals surface area contributed by atoms with Crippen LogP contribution in [0.5, 0.6) is 0 Å². The summed E-state index contributed by atoms with van der Waals surface area (Å²) in [5.74, 6) is 0.0495. The van der Waals surface area contributed by atoms with Crippen molar-refractivity contribution < 1.29 is 9.53 Å². The number of carbonyl (C=O) groups excluding carboxylic acids is 1. The zero-order valence-corrected chi connectivity index (χ0v) is 16.0. The minimum Gasteiger partial charge on any atom is -0.381 e. The zero-order valence-electron chi connectivity index (χ0n) is 15.1. The van der Waals surface area contributed by atoms with Crippen molar-refractivity contribution in [2.75, 3.05) is 20.3 Å². The minimum absolute atomic E-state index is 0.0495. The molecule has 1 fully saturated rings. The van der Waals surface area contributed by atoms with E-state index < -0.39 is 0 Å². The third-order valence-corrected chi connectivity index (χ3v) is 5.98. The molecule has 5 nitrogen and oxygen atoms in total. The predicted molar refractivity (Wildman–Crippen MR) is 104 cm³/mol. The molecule has 0 N–H and O–H groups in total. The highest BCUT2D eigenvalue weighted by atomic mass is 32.1. The van der Waals surface area contributed by atoms with Gasteiger partial charge in [-0.3, -0.25) is 9.20 Å². The number of benzene rings is 1. The van der Waals surface area contributed by atoms with Crippen LogP contribution in [0.3, 0.4) is 0 Å². The molecule has 136 valence electrons. The largest absolute Gasteiger partial charge is 0.381 e. The van der Waals surface area contributed by atoms with Gasteiger partial charge in [-0.25, -0.2) is 4.98 Å². The van der Waals surface area contributed by atoms with E-state index in [-0.39, 0.29) is 11.9 Å². The monoisotopic (exact) mass is 369 g/mol. The molecule has 3 aromatic rings. The first kappa shape index (κ1) is 17.2. The van der Waals surface area contributed by atoms with E-state index in [9.17, 15) is 4.79 Å². The second-order valence-electron chi connectivity index (χ2n) is 6.71. The Labute approximate surface area is 157 Å². The molecule has 0 radical (unpaired) electrons. The van der Waals surface area contributed by atoms with Crippen molar-refractivity contribution in [1.29, 1.82) is 0 Å². The van der Waals surface area contributed by atoms with Crippen LogP contribution in [0.4, 0.5) is 0 Å². The summed E-state index contributed by atoms with van der Waals surface area (Å²) in [6.07, 6.45) is 4.79. The Kier molecular flexibility index (Phi) is 4.78. The van der Waals surface area contributed by atoms with Crippen LogP contribution in [0.25, 0.3) is 16.2 Å². The molecule has 0 bridgehead atoms. The van der Waals surface area contributed by atoms with Crippen molar-refractivity contribution in [2.24, 2.45) is 0 Å². The van der Waals surface area contributed by atoms with Gasteiger partial charge >= 0.3 is 0 Å². The van der Waals surface area contributed by atoms with Gasteiger partial charge in [0.2, 0.25) is 0 Å². The smallest absolute Gasteiger partial charge is 0.271 e. The van der Waals surface area contributed by atoms with Crippen molar-refractivity contribution in [3.63, 3.8) is 0 Å².